The van der Waals surface area contributed by atoms with Crippen molar-refractivity contribution >= 4 is 21.6 Å². The van der Waals surface area contributed by atoms with Gasteiger partial charge in [-0.1, -0.05) is 12.1 Å². The van der Waals surface area contributed by atoms with Crippen LogP contribution in [0.25, 0.3) is 0 Å². The molecule has 0 atom stereocenters. The fourth-order valence-corrected chi connectivity index (χ4v) is 5.01. The number of anilines is 1. The Morgan fingerprint density at radius 2 is 2.00 bits per heavy atom. The van der Waals surface area contributed by atoms with Crippen LogP contribution in [0.1, 0.15) is 40.7 Å². The third-order valence-corrected chi connectivity index (χ3v) is 6.83. The number of aryl methyl sites for hydroxylation is 1. The van der Waals surface area contributed by atoms with Gasteiger partial charge in [0.05, 0.1) is 17.7 Å². The number of carbonyl (C=O) groups is 1. The molecule has 6 nitrogen and oxygen atoms in total. The highest BCUT2D eigenvalue weighted by Crippen LogP contribution is 2.39. The minimum atomic E-state index is -3.61. The van der Waals surface area contributed by atoms with Gasteiger partial charge in [0.2, 0.25) is 10.0 Å². The molecule has 1 N–H and O–H groups in total. The summed E-state index contributed by atoms with van der Waals surface area (Å²) in [5.41, 5.74) is 3.38. The lowest BCUT2D eigenvalue weighted by atomic mass is 9.95. The van der Waals surface area contributed by atoms with Gasteiger partial charge in [0.15, 0.2) is 0 Å². The molecule has 0 unspecified atom stereocenters. The van der Waals surface area contributed by atoms with Crippen molar-refractivity contribution < 1.29 is 17.9 Å². The van der Waals surface area contributed by atoms with Crippen LogP contribution in [0.2, 0.25) is 0 Å². The molecule has 0 radical (unpaired) electrons. The van der Waals surface area contributed by atoms with E-state index in [1.807, 2.05) is 19.1 Å². The molecule has 0 aromatic heterocycles. The lowest BCUT2D eigenvalue weighted by Crippen LogP contribution is -2.36. The molecule has 0 spiro atoms. The van der Waals surface area contributed by atoms with Crippen molar-refractivity contribution in [2.24, 2.45) is 0 Å². The van der Waals surface area contributed by atoms with E-state index in [1.54, 1.807) is 24.1 Å². The van der Waals surface area contributed by atoms with Gasteiger partial charge in [-0.05, 0) is 68.0 Å². The maximum atomic E-state index is 13.3. The maximum Gasteiger partial charge on any atom is 0.258 e. The van der Waals surface area contributed by atoms with Crippen molar-refractivity contribution in [3.63, 3.8) is 0 Å². The van der Waals surface area contributed by atoms with Crippen LogP contribution in [0.5, 0.6) is 5.75 Å². The molecule has 1 aliphatic heterocycles. The third-order valence-electron chi connectivity index (χ3n) is 5.31. The van der Waals surface area contributed by atoms with Gasteiger partial charge in [0.1, 0.15) is 5.75 Å². The van der Waals surface area contributed by atoms with Gasteiger partial charge < -0.3 is 9.64 Å². The Labute approximate surface area is 165 Å². The fraction of sp³-hybridized carbons (Fsp3) is 0.381. The van der Waals surface area contributed by atoms with Crippen LogP contribution in [0.4, 0.5) is 5.69 Å². The molecule has 1 aliphatic carbocycles. The average molecular weight is 401 g/mol. The molecule has 1 amide bonds. The number of nitrogens with zero attached hydrogens (tertiary/aromatic N) is 1. The lowest BCUT2D eigenvalue weighted by Gasteiger charge is -2.32. The number of hydrogen-bond donors (Lipinski definition) is 1. The summed E-state index contributed by atoms with van der Waals surface area (Å²) in [4.78, 5) is 15.1. The molecule has 1 heterocycles. The Morgan fingerprint density at radius 3 is 2.71 bits per heavy atom. The van der Waals surface area contributed by atoms with Crippen molar-refractivity contribution in [2.45, 2.75) is 43.5 Å². The van der Waals surface area contributed by atoms with E-state index in [9.17, 15) is 13.2 Å². The molecule has 2 aliphatic rings. The van der Waals surface area contributed by atoms with Gasteiger partial charge in [-0.25, -0.2) is 13.1 Å². The van der Waals surface area contributed by atoms with Gasteiger partial charge in [-0.3, -0.25) is 4.79 Å². The smallest absolute Gasteiger partial charge is 0.258 e. The first kappa shape index (κ1) is 19.0. The molecule has 28 heavy (non-hydrogen) atoms. The summed E-state index contributed by atoms with van der Waals surface area (Å²) >= 11 is 0. The third kappa shape index (κ3) is 3.52. The predicted molar refractivity (Wildman–Crippen MR) is 108 cm³/mol. The van der Waals surface area contributed by atoms with Crippen LogP contribution in [0.3, 0.4) is 0 Å². The molecular weight excluding hydrogens is 376 g/mol. The van der Waals surface area contributed by atoms with Crippen LogP contribution in [0.15, 0.2) is 41.3 Å². The summed E-state index contributed by atoms with van der Waals surface area (Å²) in [5.74, 6) is 0.446. The van der Waals surface area contributed by atoms with E-state index in [1.165, 1.54) is 12.1 Å². The lowest BCUT2D eigenvalue weighted by molar-refractivity contribution is 0.0984. The average Bonchev–Trinajstić information content (AvgIpc) is 3.51. The van der Waals surface area contributed by atoms with Crippen LogP contribution < -0.4 is 14.4 Å². The first-order valence-electron chi connectivity index (χ1n) is 9.51. The maximum absolute atomic E-state index is 13.3. The van der Waals surface area contributed by atoms with Crippen molar-refractivity contribution in [3.8, 4) is 5.75 Å². The summed E-state index contributed by atoms with van der Waals surface area (Å²) in [6.07, 6.45) is 3.47. The summed E-state index contributed by atoms with van der Waals surface area (Å²) in [6.45, 7) is 2.60. The molecule has 1 saturated carbocycles. The number of methoxy groups -OCH3 is 1. The minimum Gasteiger partial charge on any atom is -0.495 e. The highest BCUT2D eigenvalue weighted by Gasteiger charge is 2.30. The Balaban J connectivity index is 1.70. The highest BCUT2D eigenvalue weighted by molar-refractivity contribution is 7.89. The second kappa shape index (κ2) is 7.22. The van der Waals surface area contributed by atoms with E-state index in [2.05, 4.69) is 4.72 Å². The molecular formula is C21H24N2O4S. The van der Waals surface area contributed by atoms with Crippen molar-refractivity contribution in [2.75, 3.05) is 18.6 Å². The Morgan fingerprint density at radius 1 is 1.21 bits per heavy atom. The van der Waals surface area contributed by atoms with Crippen molar-refractivity contribution in [1.82, 2.24) is 4.72 Å². The van der Waals surface area contributed by atoms with Crippen molar-refractivity contribution in [3.05, 3.63) is 53.1 Å². The SMILES string of the molecule is COc1ccc(C)c2c1N(C(=O)c1cccc(S(=O)(=O)NC3CC3)c1)CCC2. The largest absolute Gasteiger partial charge is 0.495 e. The zero-order valence-electron chi connectivity index (χ0n) is 16.1. The summed E-state index contributed by atoms with van der Waals surface area (Å²) in [5, 5.41) is 0. The highest BCUT2D eigenvalue weighted by atomic mass is 32.2. The first-order chi connectivity index (χ1) is 13.4. The second-order valence-corrected chi connectivity index (χ2v) is 9.11. The molecule has 0 saturated heterocycles. The van der Waals surface area contributed by atoms with Crippen LogP contribution in [0, 0.1) is 6.92 Å². The van der Waals surface area contributed by atoms with E-state index < -0.39 is 10.0 Å². The summed E-state index contributed by atoms with van der Waals surface area (Å²) < 4.78 is 33.2. The Hall–Kier alpha value is -2.38. The van der Waals surface area contributed by atoms with Gasteiger partial charge in [0, 0.05) is 18.2 Å². The number of sulfonamides is 1. The first-order valence-corrected chi connectivity index (χ1v) is 11.0. The number of amides is 1. The number of benzene rings is 2. The molecule has 0 bridgehead atoms. The standard InChI is InChI=1S/C21H24N2O4S/c1-14-8-11-19(27-2)20-18(14)7-4-12-23(20)21(24)15-5-3-6-17(13-15)28(25,26)22-16-9-10-16/h3,5-6,8,11,13,16,22H,4,7,9-10,12H2,1-2H3. The molecule has 4 rings (SSSR count). The molecule has 2 aromatic rings. The van der Waals surface area contributed by atoms with Gasteiger partial charge >= 0.3 is 0 Å². The number of nitrogens with one attached hydrogen (secondary N) is 1. The van der Waals surface area contributed by atoms with Gasteiger partial charge in [0.25, 0.3) is 5.91 Å². The number of fused-ring (bicyclic) bond motifs is 1. The van der Waals surface area contributed by atoms with Crippen LogP contribution in [-0.2, 0) is 16.4 Å². The number of ether oxygens (including phenoxy) is 1. The second-order valence-electron chi connectivity index (χ2n) is 7.40. The quantitative estimate of drug-likeness (QED) is 0.837. The van der Waals surface area contributed by atoms with E-state index >= 15 is 0 Å². The van der Waals surface area contributed by atoms with Crippen molar-refractivity contribution in [1.29, 1.82) is 0 Å². The Bertz CT molecular complexity index is 1030. The monoisotopic (exact) mass is 400 g/mol. The van der Waals surface area contributed by atoms with Gasteiger partial charge in [-0.2, -0.15) is 0 Å². The van der Waals surface area contributed by atoms with E-state index in [4.69, 9.17) is 4.74 Å². The predicted octanol–water partition coefficient (Wildman–Crippen LogP) is 3.04. The topological polar surface area (TPSA) is 75.7 Å². The van der Waals surface area contributed by atoms with E-state index in [-0.39, 0.29) is 16.8 Å². The van der Waals surface area contributed by atoms with Crippen LogP contribution >= 0.6 is 0 Å². The molecule has 148 valence electrons. The van der Waals surface area contributed by atoms with Gasteiger partial charge in [-0.15, -0.1) is 0 Å². The molecule has 7 heteroatoms. The van der Waals surface area contributed by atoms with Crippen LogP contribution in [-0.4, -0.2) is 34.0 Å². The zero-order valence-corrected chi connectivity index (χ0v) is 16.9. The van der Waals surface area contributed by atoms with E-state index in [0.717, 1.165) is 42.5 Å². The number of carbonyl (C=O) groups excluding carboxylic acids is 1. The molecule has 2 aromatic carbocycles. The number of rotatable bonds is 5. The summed E-state index contributed by atoms with van der Waals surface area (Å²) in [6, 6.07) is 10.2. The zero-order chi connectivity index (χ0) is 19.9. The Kier molecular flexibility index (Phi) is 4.89. The molecule has 1 fully saturated rings. The normalized spacial score (nSPS) is 16.6. The fourth-order valence-electron chi connectivity index (χ4n) is 3.66. The minimum absolute atomic E-state index is 0.0190. The summed E-state index contributed by atoms with van der Waals surface area (Å²) in [7, 11) is -2.01. The number of hydrogen-bond acceptors (Lipinski definition) is 4. The van der Waals surface area contributed by atoms with E-state index in [0.29, 0.717) is 17.9 Å².